The molecule has 260 valence electrons. The fourth-order valence-corrected chi connectivity index (χ4v) is 6.22. The summed E-state index contributed by atoms with van der Waals surface area (Å²) in [6.45, 7) is 6.24. The van der Waals surface area contributed by atoms with E-state index in [4.69, 9.17) is 11.5 Å². The highest BCUT2D eigenvalue weighted by molar-refractivity contribution is 5.91. The highest BCUT2D eigenvalue weighted by Gasteiger charge is 2.12. The van der Waals surface area contributed by atoms with Crippen LogP contribution in [0.4, 0.5) is 11.4 Å². The molecule has 0 radical (unpaired) electrons. The maximum Gasteiger partial charge on any atom is 0.0473 e. The second kappa shape index (κ2) is 18.2. The number of nitrogens with two attached hydrogens (primary N) is 3. The molecule has 0 aliphatic heterocycles. The molecule has 0 bridgehead atoms. The van der Waals surface area contributed by atoms with Gasteiger partial charge in [0.25, 0.3) is 0 Å². The van der Waals surface area contributed by atoms with Crippen LogP contribution < -0.4 is 17.2 Å². The van der Waals surface area contributed by atoms with Gasteiger partial charge in [-0.15, -0.1) is 0 Å². The summed E-state index contributed by atoms with van der Waals surface area (Å²) in [4.78, 5) is 0. The van der Waals surface area contributed by atoms with Crippen LogP contribution in [0.2, 0.25) is 0 Å². The lowest BCUT2D eigenvalue weighted by Crippen LogP contribution is -1.97. The van der Waals surface area contributed by atoms with Crippen molar-refractivity contribution in [3.05, 3.63) is 198 Å². The first kappa shape index (κ1) is 37.1. The number of benzene rings is 7. The van der Waals surface area contributed by atoms with Gasteiger partial charge in [0, 0.05) is 22.5 Å². The molecule has 0 aliphatic rings. The molecule has 0 amide bonds. The van der Waals surface area contributed by atoms with Crippen LogP contribution in [0.3, 0.4) is 0 Å². The zero-order valence-electron chi connectivity index (χ0n) is 30.7. The van der Waals surface area contributed by atoms with Gasteiger partial charge in [-0.3, -0.25) is 0 Å². The molecule has 3 heteroatoms. The molecule has 3 nitrogen and oxygen atoms in total. The van der Waals surface area contributed by atoms with Gasteiger partial charge in [-0.1, -0.05) is 175 Å². The molecule has 0 unspecified atom stereocenters. The predicted octanol–water partition coefficient (Wildman–Crippen LogP) is 12.0. The Morgan fingerprint density at radius 1 is 0.442 bits per heavy atom. The third-order valence-corrected chi connectivity index (χ3v) is 8.96. The Bertz CT molecular complexity index is 2200. The molecule has 0 saturated carbocycles. The van der Waals surface area contributed by atoms with Crippen LogP contribution in [0.5, 0.6) is 0 Å². The van der Waals surface area contributed by atoms with E-state index in [2.05, 4.69) is 171 Å². The number of allylic oxidation sites excluding steroid dienone is 1. The van der Waals surface area contributed by atoms with E-state index in [1.807, 2.05) is 31.2 Å². The molecule has 0 aliphatic carbocycles. The smallest absolute Gasteiger partial charge is 0.0473 e. The van der Waals surface area contributed by atoms with Gasteiger partial charge in [0.1, 0.15) is 0 Å². The van der Waals surface area contributed by atoms with E-state index in [-0.39, 0.29) is 0 Å². The third kappa shape index (κ3) is 9.54. The molecule has 7 aromatic carbocycles. The summed E-state index contributed by atoms with van der Waals surface area (Å²) >= 11 is 0. The van der Waals surface area contributed by atoms with Gasteiger partial charge in [-0.25, -0.2) is 0 Å². The van der Waals surface area contributed by atoms with Crippen LogP contribution in [0.25, 0.3) is 50.6 Å². The van der Waals surface area contributed by atoms with Crippen molar-refractivity contribution in [3.63, 3.8) is 0 Å². The van der Waals surface area contributed by atoms with E-state index >= 15 is 0 Å². The van der Waals surface area contributed by atoms with Crippen LogP contribution in [-0.2, 0) is 6.42 Å². The second-order valence-corrected chi connectivity index (χ2v) is 12.8. The van der Waals surface area contributed by atoms with Crippen LogP contribution >= 0.6 is 0 Å². The summed E-state index contributed by atoms with van der Waals surface area (Å²) in [6, 6.07) is 57.4. The molecular formula is C49H49N3. The Hall–Kier alpha value is -6.16. The van der Waals surface area contributed by atoms with Crippen molar-refractivity contribution in [1.29, 1.82) is 0 Å². The molecular weight excluding hydrogens is 631 g/mol. The monoisotopic (exact) mass is 679 g/mol. The molecule has 0 heterocycles. The van der Waals surface area contributed by atoms with Crippen molar-refractivity contribution in [3.8, 4) is 44.5 Å². The number of hydrogen-bond donors (Lipinski definition) is 3. The lowest BCUT2D eigenvalue weighted by atomic mass is 9.91. The minimum atomic E-state index is 0.802. The van der Waals surface area contributed by atoms with E-state index in [0.29, 0.717) is 0 Å². The Kier molecular flexibility index (Phi) is 13.0. The van der Waals surface area contributed by atoms with Crippen molar-refractivity contribution in [2.24, 2.45) is 5.73 Å². The van der Waals surface area contributed by atoms with Crippen LogP contribution in [-0.4, -0.2) is 7.05 Å². The Morgan fingerprint density at radius 2 is 0.923 bits per heavy atom. The molecule has 7 rings (SSSR count). The van der Waals surface area contributed by atoms with Crippen molar-refractivity contribution in [2.45, 2.75) is 27.2 Å². The van der Waals surface area contributed by atoms with Gasteiger partial charge >= 0.3 is 0 Å². The van der Waals surface area contributed by atoms with Crippen LogP contribution in [0.1, 0.15) is 34.7 Å². The number of hydrogen-bond acceptors (Lipinski definition) is 3. The number of anilines is 2. The van der Waals surface area contributed by atoms with Crippen molar-refractivity contribution >= 4 is 17.5 Å². The van der Waals surface area contributed by atoms with Gasteiger partial charge < -0.3 is 17.2 Å². The van der Waals surface area contributed by atoms with Gasteiger partial charge in [0.2, 0.25) is 0 Å². The fraction of sp³-hybridized carbons (Fsp3) is 0.102. The zero-order valence-corrected chi connectivity index (χ0v) is 30.7. The number of nitrogen functional groups attached to an aromatic ring is 2. The third-order valence-electron chi connectivity index (χ3n) is 8.96. The topological polar surface area (TPSA) is 78.1 Å². The quantitative estimate of drug-likeness (QED) is 0.147. The second-order valence-electron chi connectivity index (χ2n) is 12.8. The molecule has 6 N–H and O–H groups in total. The van der Waals surface area contributed by atoms with Crippen molar-refractivity contribution in [1.82, 2.24) is 0 Å². The van der Waals surface area contributed by atoms with Crippen LogP contribution in [0.15, 0.2) is 170 Å². The van der Waals surface area contributed by atoms with Gasteiger partial charge in [0.05, 0.1) is 0 Å². The summed E-state index contributed by atoms with van der Waals surface area (Å²) in [5.74, 6) is 0. The maximum atomic E-state index is 6.66. The highest BCUT2D eigenvalue weighted by Crippen LogP contribution is 2.37. The van der Waals surface area contributed by atoms with E-state index in [1.165, 1.54) is 57.1 Å². The first-order valence-corrected chi connectivity index (χ1v) is 17.7. The standard InChI is InChI=1S/C29H27N.C19H17N.CH5N/c1-4-5-28-26(18-19-27(29(28)30)25-12-8-21(3)9-13-25)24-16-14-23(15-17-24)22-10-6-20(2)7-11-22;20-19-11-5-10-18(14-19)17-9-4-8-16(13-17)12-15-6-2-1-3-7-15;1-2/h4-19H,30H2,1-3H3;1-11,13-14H,12,20H2;2H2,1H3/b5-4-;;. The SMILES string of the molecule is C/C=C\c1c(-c2ccc(-c3ccc(C)cc3)cc2)ccc(-c2ccc(C)cc2)c1N.CN.Nc1cccc(-c2cccc(Cc3ccccc3)c2)c1. The van der Waals surface area contributed by atoms with Crippen molar-refractivity contribution in [2.75, 3.05) is 18.5 Å². The summed E-state index contributed by atoms with van der Waals surface area (Å²) < 4.78 is 0. The van der Waals surface area contributed by atoms with E-state index in [1.54, 1.807) is 0 Å². The van der Waals surface area contributed by atoms with Gasteiger partial charge in [-0.2, -0.15) is 0 Å². The Morgan fingerprint density at radius 3 is 1.52 bits per heavy atom. The molecule has 0 saturated heterocycles. The molecule has 0 atom stereocenters. The van der Waals surface area contributed by atoms with E-state index < -0.39 is 0 Å². The zero-order chi connectivity index (χ0) is 36.9. The summed E-state index contributed by atoms with van der Waals surface area (Å²) in [5, 5.41) is 0. The maximum absolute atomic E-state index is 6.66. The summed E-state index contributed by atoms with van der Waals surface area (Å²) in [5.41, 5.74) is 34.2. The molecule has 0 aromatic heterocycles. The van der Waals surface area contributed by atoms with Crippen molar-refractivity contribution < 1.29 is 0 Å². The number of rotatable bonds is 7. The Balaban J connectivity index is 0.000000206. The Labute approximate surface area is 310 Å². The molecule has 7 aromatic rings. The lowest BCUT2D eigenvalue weighted by Gasteiger charge is -2.15. The minimum Gasteiger partial charge on any atom is -0.399 e. The van der Waals surface area contributed by atoms with E-state index in [9.17, 15) is 0 Å². The van der Waals surface area contributed by atoms with Crippen LogP contribution in [0, 0.1) is 13.8 Å². The normalized spacial score (nSPS) is 10.6. The van der Waals surface area contributed by atoms with Gasteiger partial charge in [0.15, 0.2) is 0 Å². The minimum absolute atomic E-state index is 0.802. The summed E-state index contributed by atoms with van der Waals surface area (Å²) in [6.07, 6.45) is 5.11. The highest BCUT2D eigenvalue weighted by atomic mass is 14.6. The average Bonchev–Trinajstić information content (AvgIpc) is 3.18. The first-order chi connectivity index (χ1) is 25.4. The molecule has 0 fully saturated rings. The first-order valence-electron chi connectivity index (χ1n) is 17.7. The summed E-state index contributed by atoms with van der Waals surface area (Å²) in [7, 11) is 1.50. The molecule has 52 heavy (non-hydrogen) atoms. The lowest BCUT2D eigenvalue weighted by molar-refractivity contribution is 1.19. The predicted molar refractivity (Wildman–Crippen MR) is 227 cm³/mol. The molecule has 0 spiro atoms. The fourth-order valence-electron chi connectivity index (χ4n) is 6.22. The number of aryl methyl sites for hydroxylation is 2. The van der Waals surface area contributed by atoms with Gasteiger partial charge in [-0.05, 0) is 96.4 Å². The van der Waals surface area contributed by atoms with E-state index in [0.717, 1.165) is 40.0 Å². The largest absolute Gasteiger partial charge is 0.399 e. The average molecular weight is 680 g/mol.